The lowest BCUT2D eigenvalue weighted by Gasteiger charge is -2.35. The number of ether oxygens (including phenoxy) is 1. The predicted octanol–water partition coefficient (Wildman–Crippen LogP) is 4.33. The standard InChI is InChI=1S/C26H25N5O2/c1-20-27-24(29-13-5-6-14-29)19-25(28-20)30-15-17-31(18-16-30)26(32)21-9-11-23(12-10-21)33-22-7-3-2-4-8-22/h2-14,19H,15-18H2,1H3. The highest BCUT2D eigenvalue weighted by atomic mass is 16.5. The number of anilines is 1. The number of benzene rings is 2. The van der Waals surface area contributed by atoms with E-state index in [9.17, 15) is 4.79 Å². The molecule has 1 aliphatic heterocycles. The molecule has 4 aromatic rings. The lowest BCUT2D eigenvalue weighted by atomic mass is 10.1. The topological polar surface area (TPSA) is 63.5 Å². The molecule has 1 aliphatic rings. The Hall–Kier alpha value is -4.13. The molecule has 0 unspecified atom stereocenters. The summed E-state index contributed by atoms with van der Waals surface area (Å²) in [6.45, 7) is 4.64. The van der Waals surface area contributed by atoms with Crippen LogP contribution in [0, 0.1) is 6.92 Å². The van der Waals surface area contributed by atoms with Crippen LogP contribution in [0.5, 0.6) is 11.5 Å². The number of hydrogen-bond donors (Lipinski definition) is 0. The summed E-state index contributed by atoms with van der Waals surface area (Å²) in [4.78, 5) is 26.3. The van der Waals surface area contributed by atoms with E-state index in [0.29, 0.717) is 24.4 Å². The number of hydrogen-bond acceptors (Lipinski definition) is 5. The molecule has 2 aromatic heterocycles. The van der Waals surface area contributed by atoms with Gasteiger partial charge in [-0.15, -0.1) is 0 Å². The molecule has 0 saturated carbocycles. The predicted molar refractivity (Wildman–Crippen MR) is 127 cm³/mol. The summed E-state index contributed by atoms with van der Waals surface area (Å²) in [6, 6.07) is 22.9. The number of carbonyl (C=O) groups is 1. The maximum absolute atomic E-state index is 13.0. The molecule has 5 rings (SSSR count). The molecule has 33 heavy (non-hydrogen) atoms. The molecular formula is C26H25N5O2. The summed E-state index contributed by atoms with van der Waals surface area (Å²) in [6.07, 6.45) is 3.94. The molecule has 1 saturated heterocycles. The molecule has 0 N–H and O–H groups in total. The lowest BCUT2D eigenvalue weighted by Crippen LogP contribution is -2.49. The van der Waals surface area contributed by atoms with E-state index in [-0.39, 0.29) is 5.91 Å². The summed E-state index contributed by atoms with van der Waals surface area (Å²) < 4.78 is 7.80. The Balaban J connectivity index is 1.22. The fourth-order valence-corrected chi connectivity index (χ4v) is 3.93. The van der Waals surface area contributed by atoms with Crippen LogP contribution in [-0.2, 0) is 0 Å². The van der Waals surface area contributed by atoms with Gasteiger partial charge >= 0.3 is 0 Å². The number of aryl methyl sites for hydroxylation is 1. The molecule has 1 fully saturated rings. The van der Waals surface area contributed by atoms with E-state index in [1.165, 1.54) is 0 Å². The van der Waals surface area contributed by atoms with Gasteiger partial charge in [0.1, 0.15) is 29.0 Å². The third-order valence-electron chi connectivity index (χ3n) is 5.65. The molecule has 0 aliphatic carbocycles. The van der Waals surface area contributed by atoms with Crippen molar-refractivity contribution < 1.29 is 9.53 Å². The Labute approximate surface area is 192 Å². The van der Waals surface area contributed by atoms with Gasteiger partial charge in [0.15, 0.2) is 0 Å². The molecule has 3 heterocycles. The summed E-state index contributed by atoms with van der Waals surface area (Å²) in [7, 11) is 0. The minimum absolute atomic E-state index is 0.0350. The van der Waals surface area contributed by atoms with Crippen LogP contribution in [0.3, 0.4) is 0 Å². The number of rotatable bonds is 5. The molecule has 0 radical (unpaired) electrons. The van der Waals surface area contributed by atoms with Crippen molar-refractivity contribution in [2.75, 3.05) is 31.1 Å². The van der Waals surface area contributed by atoms with Crippen molar-refractivity contribution >= 4 is 11.7 Å². The van der Waals surface area contributed by atoms with Crippen molar-refractivity contribution in [3.8, 4) is 17.3 Å². The zero-order chi connectivity index (χ0) is 22.6. The molecule has 0 spiro atoms. The van der Waals surface area contributed by atoms with E-state index in [1.54, 1.807) is 0 Å². The van der Waals surface area contributed by atoms with Crippen LogP contribution in [0.2, 0.25) is 0 Å². The number of amides is 1. The Morgan fingerprint density at radius 1 is 0.788 bits per heavy atom. The van der Waals surface area contributed by atoms with Gasteiger partial charge in [-0.1, -0.05) is 18.2 Å². The van der Waals surface area contributed by atoms with Gasteiger partial charge in [-0.25, -0.2) is 9.97 Å². The van der Waals surface area contributed by atoms with E-state index >= 15 is 0 Å². The Morgan fingerprint density at radius 2 is 1.42 bits per heavy atom. The molecule has 1 amide bonds. The van der Waals surface area contributed by atoms with Gasteiger partial charge in [-0.2, -0.15) is 0 Å². The highest BCUT2D eigenvalue weighted by molar-refractivity contribution is 5.94. The third-order valence-corrected chi connectivity index (χ3v) is 5.65. The average molecular weight is 440 g/mol. The molecule has 7 heteroatoms. The van der Waals surface area contributed by atoms with Gasteiger partial charge < -0.3 is 19.1 Å². The van der Waals surface area contributed by atoms with Gasteiger partial charge in [0.25, 0.3) is 5.91 Å². The fraction of sp³-hybridized carbons (Fsp3) is 0.192. The smallest absolute Gasteiger partial charge is 0.253 e. The van der Waals surface area contributed by atoms with Crippen molar-refractivity contribution in [1.82, 2.24) is 19.4 Å². The first-order valence-corrected chi connectivity index (χ1v) is 11.0. The second-order valence-electron chi connectivity index (χ2n) is 7.94. The van der Waals surface area contributed by atoms with E-state index in [2.05, 4.69) is 14.9 Å². The third kappa shape index (κ3) is 4.72. The van der Waals surface area contributed by atoms with Crippen molar-refractivity contribution in [3.05, 3.63) is 96.6 Å². The van der Waals surface area contributed by atoms with E-state index in [0.717, 1.165) is 36.3 Å². The van der Waals surface area contributed by atoms with Crippen LogP contribution < -0.4 is 9.64 Å². The van der Waals surface area contributed by atoms with Crippen LogP contribution in [0.4, 0.5) is 5.82 Å². The Morgan fingerprint density at radius 3 is 2.12 bits per heavy atom. The first-order chi connectivity index (χ1) is 16.2. The van der Waals surface area contributed by atoms with Gasteiger partial charge in [0.05, 0.1) is 0 Å². The molecular weight excluding hydrogens is 414 g/mol. The number of para-hydroxylation sites is 1. The SMILES string of the molecule is Cc1nc(N2CCN(C(=O)c3ccc(Oc4ccccc4)cc3)CC2)cc(-n2cccc2)n1. The minimum atomic E-state index is 0.0350. The highest BCUT2D eigenvalue weighted by Gasteiger charge is 2.23. The molecule has 0 bridgehead atoms. The number of piperazine rings is 1. The van der Waals surface area contributed by atoms with Gasteiger partial charge in [0.2, 0.25) is 0 Å². The molecule has 166 valence electrons. The monoisotopic (exact) mass is 439 g/mol. The van der Waals surface area contributed by atoms with Crippen LogP contribution in [0.25, 0.3) is 5.82 Å². The van der Waals surface area contributed by atoms with Crippen LogP contribution >= 0.6 is 0 Å². The first-order valence-electron chi connectivity index (χ1n) is 11.0. The number of nitrogens with zero attached hydrogens (tertiary/aromatic N) is 5. The summed E-state index contributed by atoms with van der Waals surface area (Å²) >= 11 is 0. The van der Waals surface area contributed by atoms with Gasteiger partial charge in [-0.3, -0.25) is 4.79 Å². The van der Waals surface area contributed by atoms with Gasteiger partial charge in [0, 0.05) is 50.2 Å². The average Bonchev–Trinajstić information content (AvgIpc) is 3.40. The zero-order valence-electron chi connectivity index (χ0n) is 18.5. The Bertz CT molecular complexity index is 1220. The lowest BCUT2D eigenvalue weighted by molar-refractivity contribution is 0.0746. The maximum Gasteiger partial charge on any atom is 0.253 e. The fourth-order valence-electron chi connectivity index (χ4n) is 3.93. The summed E-state index contributed by atoms with van der Waals surface area (Å²) in [5.41, 5.74) is 0.664. The zero-order valence-corrected chi connectivity index (χ0v) is 18.5. The number of aromatic nitrogens is 3. The van der Waals surface area contributed by atoms with Crippen LogP contribution in [0.15, 0.2) is 85.2 Å². The Kier molecular flexibility index (Phi) is 5.76. The summed E-state index contributed by atoms with van der Waals surface area (Å²) in [5.74, 6) is 3.98. The largest absolute Gasteiger partial charge is 0.457 e. The van der Waals surface area contributed by atoms with Crippen LogP contribution in [0.1, 0.15) is 16.2 Å². The second-order valence-corrected chi connectivity index (χ2v) is 7.94. The molecule has 0 atom stereocenters. The maximum atomic E-state index is 13.0. The highest BCUT2D eigenvalue weighted by Crippen LogP contribution is 2.22. The first kappa shape index (κ1) is 20.8. The van der Waals surface area contributed by atoms with E-state index in [4.69, 9.17) is 4.74 Å². The van der Waals surface area contributed by atoms with Crippen molar-refractivity contribution in [2.24, 2.45) is 0 Å². The number of carbonyl (C=O) groups excluding carboxylic acids is 1. The normalized spacial score (nSPS) is 13.7. The van der Waals surface area contributed by atoms with Crippen LogP contribution in [-0.4, -0.2) is 51.5 Å². The van der Waals surface area contributed by atoms with E-state index in [1.807, 2.05) is 102 Å². The second kappa shape index (κ2) is 9.16. The van der Waals surface area contributed by atoms with Crippen molar-refractivity contribution in [1.29, 1.82) is 0 Å². The quantitative estimate of drug-likeness (QED) is 0.463. The van der Waals surface area contributed by atoms with E-state index < -0.39 is 0 Å². The van der Waals surface area contributed by atoms with Crippen molar-refractivity contribution in [3.63, 3.8) is 0 Å². The van der Waals surface area contributed by atoms with Gasteiger partial charge in [-0.05, 0) is 55.5 Å². The minimum Gasteiger partial charge on any atom is -0.457 e. The van der Waals surface area contributed by atoms with Crippen molar-refractivity contribution in [2.45, 2.75) is 6.92 Å². The molecule has 7 nitrogen and oxygen atoms in total. The molecule has 2 aromatic carbocycles. The summed E-state index contributed by atoms with van der Waals surface area (Å²) in [5, 5.41) is 0.